The van der Waals surface area contributed by atoms with E-state index >= 15 is 0 Å². The summed E-state index contributed by atoms with van der Waals surface area (Å²) >= 11 is 0. The highest BCUT2D eigenvalue weighted by molar-refractivity contribution is 6.12. The van der Waals surface area contributed by atoms with E-state index in [2.05, 4.69) is 120 Å². The fourth-order valence-corrected chi connectivity index (χ4v) is 6.43. The summed E-state index contributed by atoms with van der Waals surface area (Å²) in [5.41, 5.74) is 10.6. The smallest absolute Gasteiger partial charge is 0.162 e. The lowest BCUT2D eigenvalue weighted by Crippen LogP contribution is -2.07. The van der Waals surface area contributed by atoms with E-state index in [-0.39, 0.29) is 0 Å². The van der Waals surface area contributed by atoms with Crippen LogP contribution in [0.15, 0.2) is 121 Å². The van der Waals surface area contributed by atoms with E-state index in [1.165, 1.54) is 32.7 Å². The summed E-state index contributed by atoms with van der Waals surface area (Å²) < 4.78 is 4.68. The minimum atomic E-state index is 0.639. The van der Waals surface area contributed by atoms with E-state index in [4.69, 9.17) is 4.98 Å². The molecule has 0 unspecified atom stereocenters. The van der Waals surface area contributed by atoms with Crippen molar-refractivity contribution in [1.82, 2.24) is 14.1 Å². The van der Waals surface area contributed by atoms with Gasteiger partial charge in [-0.25, -0.2) is 4.98 Å². The first-order chi connectivity index (χ1) is 20.6. The molecule has 8 rings (SSSR count). The summed E-state index contributed by atoms with van der Waals surface area (Å²) in [6.45, 7) is 4.28. The molecule has 4 nitrogen and oxygen atoms in total. The maximum atomic E-state index is 9.49. The van der Waals surface area contributed by atoms with Crippen LogP contribution in [0.4, 0.5) is 0 Å². The second kappa shape index (κ2) is 9.19. The Bertz CT molecular complexity index is 2380. The van der Waals surface area contributed by atoms with Gasteiger partial charge in [0.05, 0.1) is 39.4 Å². The Morgan fingerprint density at radius 2 is 1.12 bits per heavy atom. The molecular formula is C38H26N4. The molecule has 3 heterocycles. The van der Waals surface area contributed by atoms with Crippen molar-refractivity contribution in [2.24, 2.45) is 0 Å². The Morgan fingerprint density at radius 3 is 1.74 bits per heavy atom. The molecule has 42 heavy (non-hydrogen) atoms. The Kier molecular flexibility index (Phi) is 5.29. The first-order valence-corrected chi connectivity index (χ1v) is 14.1. The van der Waals surface area contributed by atoms with Crippen LogP contribution in [0.1, 0.15) is 16.7 Å². The third-order valence-electron chi connectivity index (χ3n) is 8.32. The highest BCUT2D eigenvalue weighted by Crippen LogP contribution is 2.41. The minimum absolute atomic E-state index is 0.639. The van der Waals surface area contributed by atoms with E-state index in [1.807, 2.05) is 30.5 Å². The lowest BCUT2D eigenvalue weighted by molar-refractivity contribution is 1.03. The normalized spacial score (nSPS) is 11.5. The van der Waals surface area contributed by atoms with Crippen molar-refractivity contribution in [2.45, 2.75) is 13.8 Å². The van der Waals surface area contributed by atoms with Crippen LogP contribution in [0.5, 0.6) is 0 Å². The number of hydrogen-bond donors (Lipinski definition) is 0. The van der Waals surface area contributed by atoms with Crippen molar-refractivity contribution in [3.05, 3.63) is 138 Å². The van der Waals surface area contributed by atoms with Gasteiger partial charge >= 0.3 is 0 Å². The standard InChI is InChI=1S/C38H26N4/c1-24-11-17-35-31(21-24)29-7-3-5-9-33(29)41(35)37-28(27-15-13-26(23-39)14-16-27)19-20-40-38(37)42-34-10-6-4-8-30(34)32-22-25(2)12-18-36(32)42/h3-22H,1-2H3. The van der Waals surface area contributed by atoms with Crippen LogP contribution in [0.2, 0.25) is 0 Å². The van der Waals surface area contributed by atoms with Crippen LogP contribution in [0.25, 0.3) is 66.2 Å². The number of rotatable bonds is 3. The van der Waals surface area contributed by atoms with Crippen LogP contribution < -0.4 is 0 Å². The van der Waals surface area contributed by atoms with E-state index in [0.29, 0.717) is 5.56 Å². The molecule has 198 valence electrons. The van der Waals surface area contributed by atoms with Crippen molar-refractivity contribution >= 4 is 43.6 Å². The van der Waals surface area contributed by atoms with Gasteiger partial charge in [0.25, 0.3) is 0 Å². The molecule has 0 N–H and O–H groups in total. The number of para-hydroxylation sites is 2. The lowest BCUT2D eigenvalue weighted by atomic mass is 10.0. The van der Waals surface area contributed by atoms with E-state index < -0.39 is 0 Å². The third kappa shape index (κ3) is 3.51. The molecule has 0 saturated carbocycles. The van der Waals surface area contributed by atoms with Gasteiger partial charge in [-0.3, -0.25) is 4.57 Å². The molecule has 0 aliphatic rings. The van der Waals surface area contributed by atoms with Gasteiger partial charge < -0.3 is 4.57 Å². The third-order valence-corrected chi connectivity index (χ3v) is 8.32. The average Bonchev–Trinajstić information content (AvgIpc) is 3.52. The van der Waals surface area contributed by atoms with E-state index in [1.54, 1.807) is 0 Å². The van der Waals surface area contributed by atoms with Crippen LogP contribution in [0.3, 0.4) is 0 Å². The number of hydrogen-bond acceptors (Lipinski definition) is 2. The number of pyridine rings is 1. The van der Waals surface area contributed by atoms with Gasteiger partial charge in [0, 0.05) is 33.3 Å². The zero-order valence-electron chi connectivity index (χ0n) is 23.3. The Labute approximate surface area is 243 Å². The summed E-state index contributed by atoms with van der Waals surface area (Å²) in [6, 6.07) is 42.7. The molecule has 0 spiro atoms. The maximum absolute atomic E-state index is 9.49. The topological polar surface area (TPSA) is 46.5 Å². The van der Waals surface area contributed by atoms with Gasteiger partial charge in [0.1, 0.15) is 0 Å². The molecule has 0 aliphatic carbocycles. The molecule has 0 atom stereocenters. The summed E-state index contributed by atoms with van der Waals surface area (Å²) in [5, 5.41) is 14.3. The fourth-order valence-electron chi connectivity index (χ4n) is 6.43. The number of benzene rings is 5. The predicted octanol–water partition coefficient (Wildman–Crippen LogP) is 9.43. The fraction of sp³-hybridized carbons (Fsp3) is 0.0526. The first kappa shape index (κ1) is 24.2. The predicted molar refractivity (Wildman–Crippen MR) is 173 cm³/mol. The van der Waals surface area contributed by atoms with Crippen LogP contribution in [-0.4, -0.2) is 14.1 Å². The molecule has 8 aromatic rings. The number of aromatic nitrogens is 3. The summed E-state index contributed by atoms with van der Waals surface area (Å²) in [5.74, 6) is 0.857. The minimum Gasteiger partial charge on any atom is -0.305 e. The van der Waals surface area contributed by atoms with E-state index in [9.17, 15) is 5.26 Å². The SMILES string of the molecule is Cc1ccc2c(c1)c1ccccc1n2-c1nccc(-c2ccc(C#N)cc2)c1-n1c2ccccc2c2cc(C)ccc21. The molecule has 0 fully saturated rings. The highest BCUT2D eigenvalue weighted by Gasteiger charge is 2.23. The molecule has 0 amide bonds. The lowest BCUT2D eigenvalue weighted by Gasteiger charge is -2.19. The van der Waals surface area contributed by atoms with E-state index in [0.717, 1.165) is 44.7 Å². The van der Waals surface area contributed by atoms with Gasteiger partial charge in [-0.1, -0.05) is 71.8 Å². The quantitative estimate of drug-likeness (QED) is 0.225. The van der Waals surface area contributed by atoms with Gasteiger partial charge in [0.2, 0.25) is 0 Å². The molecule has 0 bridgehead atoms. The number of nitrogens with zero attached hydrogens (tertiary/aromatic N) is 4. The summed E-state index contributed by atoms with van der Waals surface area (Å²) in [7, 11) is 0. The van der Waals surface area contributed by atoms with Crippen LogP contribution in [0, 0.1) is 25.2 Å². The zero-order valence-corrected chi connectivity index (χ0v) is 23.3. The second-order valence-corrected chi connectivity index (χ2v) is 11.0. The van der Waals surface area contributed by atoms with Crippen LogP contribution in [-0.2, 0) is 0 Å². The van der Waals surface area contributed by atoms with Crippen molar-refractivity contribution in [3.63, 3.8) is 0 Å². The molecule has 0 radical (unpaired) electrons. The van der Waals surface area contributed by atoms with Crippen molar-refractivity contribution in [3.8, 4) is 28.7 Å². The van der Waals surface area contributed by atoms with Crippen molar-refractivity contribution in [2.75, 3.05) is 0 Å². The summed E-state index contributed by atoms with van der Waals surface area (Å²) in [4.78, 5) is 5.14. The van der Waals surface area contributed by atoms with Crippen LogP contribution >= 0.6 is 0 Å². The van der Waals surface area contributed by atoms with Crippen molar-refractivity contribution < 1.29 is 0 Å². The molecular weight excluding hydrogens is 512 g/mol. The van der Waals surface area contributed by atoms with Gasteiger partial charge in [-0.15, -0.1) is 0 Å². The molecule has 4 heteroatoms. The molecule has 0 aliphatic heterocycles. The maximum Gasteiger partial charge on any atom is 0.162 e. The summed E-state index contributed by atoms with van der Waals surface area (Å²) in [6.07, 6.45) is 1.90. The molecule has 0 saturated heterocycles. The highest BCUT2D eigenvalue weighted by atomic mass is 15.1. The molecule has 5 aromatic carbocycles. The van der Waals surface area contributed by atoms with Gasteiger partial charge in [-0.2, -0.15) is 5.26 Å². The number of aryl methyl sites for hydroxylation is 2. The first-order valence-electron chi connectivity index (χ1n) is 14.1. The Hall–Kier alpha value is -5.66. The Balaban J connectivity index is 1.58. The average molecular weight is 539 g/mol. The molecule has 3 aromatic heterocycles. The monoisotopic (exact) mass is 538 g/mol. The Morgan fingerprint density at radius 1 is 0.571 bits per heavy atom. The number of fused-ring (bicyclic) bond motifs is 6. The largest absolute Gasteiger partial charge is 0.305 e. The number of nitriles is 1. The van der Waals surface area contributed by atoms with Crippen molar-refractivity contribution in [1.29, 1.82) is 5.26 Å². The second-order valence-electron chi connectivity index (χ2n) is 11.0. The van der Waals surface area contributed by atoms with Gasteiger partial charge in [-0.05, 0) is 74.0 Å². The zero-order chi connectivity index (χ0) is 28.4. The van der Waals surface area contributed by atoms with Gasteiger partial charge in [0.15, 0.2) is 5.82 Å².